The van der Waals surface area contributed by atoms with Crippen LogP contribution in [0.3, 0.4) is 0 Å². The Bertz CT molecular complexity index is 1280. The molecular formula is C27H30FN5O2. The maximum absolute atomic E-state index is 13.7. The van der Waals surface area contributed by atoms with E-state index >= 15 is 0 Å². The Labute approximate surface area is 204 Å². The Balaban J connectivity index is 1.53. The molecule has 1 atom stereocenters. The van der Waals surface area contributed by atoms with Gasteiger partial charge in [-0.1, -0.05) is 18.2 Å². The van der Waals surface area contributed by atoms with Gasteiger partial charge in [0.2, 0.25) is 0 Å². The molecule has 3 aromatic rings. The molecule has 5 rings (SSSR count). The Morgan fingerprint density at radius 1 is 1.20 bits per heavy atom. The molecule has 1 N–H and O–H groups in total. The van der Waals surface area contributed by atoms with E-state index in [1.165, 1.54) is 12.1 Å². The maximum Gasteiger partial charge on any atom is 0.143 e. The van der Waals surface area contributed by atoms with Gasteiger partial charge in [0.25, 0.3) is 0 Å². The van der Waals surface area contributed by atoms with Crippen LogP contribution >= 0.6 is 0 Å². The van der Waals surface area contributed by atoms with Crippen LogP contribution in [0.1, 0.15) is 29.7 Å². The minimum atomic E-state index is -0.695. The molecule has 7 nitrogen and oxygen atoms in total. The summed E-state index contributed by atoms with van der Waals surface area (Å²) < 4.78 is 21.3. The van der Waals surface area contributed by atoms with Crippen molar-refractivity contribution in [3.05, 3.63) is 83.2 Å². The molecular weight excluding hydrogens is 445 g/mol. The van der Waals surface area contributed by atoms with Crippen molar-refractivity contribution in [3.63, 3.8) is 0 Å². The molecule has 0 amide bonds. The Morgan fingerprint density at radius 2 is 2.00 bits per heavy atom. The zero-order valence-electron chi connectivity index (χ0n) is 20.3. The van der Waals surface area contributed by atoms with Crippen molar-refractivity contribution in [3.8, 4) is 11.4 Å². The quantitative estimate of drug-likeness (QED) is 0.605. The lowest BCUT2D eigenvalue weighted by Gasteiger charge is -2.53. The largest absolute Gasteiger partial charge is 0.495 e. The summed E-state index contributed by atoms with van der Waals surface area (Å²) in [5.41, 5.74) is 4.14. The number of nitrogens with zero attached hydrogens (tertiary/aromatic N) is 5. The van der Waals surface area contributed by atoms with Gasteiger partial charge < -0.3 is 14.4 Å². The van der Waals surface area contributed by atoms with Crippen LogP contribution in [0.15, 0.2) is 65.6 Å². The highest BCUT2D eigenvalue weighted by molar-refractivity contribution is 6.03. The summed E-state index contributed by atoms with van der Waals surface area (Å²) >= 11 is 0. The number of hydrazine groups is 1. The third-order valence-electron chi connectivity index (χ3n) is 6.90. The second-order valence-corrected chi connectivity index (χ2v) is 9.12. The highest BCUT2D eigenvalue weighted by Gasteiger charge is 2.46. The van der Waals surface area contributed by atoms with Gasteiger partial charge in [-0.3, -0.25) is 10.0 Å². The van der Waals surface area contributed by atoms with Crippen molar-refractivity contribution in [2.75, 3.05) is 33.9 Å². The first kappa shape index (κ1) is 23.3. The lowest BCUT2D eigenvalue weighted by Crippen LogP contribution is -2.63. The van der Waals surface area contributed by atoms with Crippen LogP contribution in [0.2, 0.25) is 0 Å². The van der Waals surface area contributed by atoms with E-state index in [0.29, 0.717) is 13.0 Å². The number of aliphatic hydroxyl groups excluding tert-OH is 1. The number of fused-ring (bicyclic) bond motifs is 1. The number of benzene rings is 2. The maximum atomic E-state index is 13.7. The molecule has 1 unspecified atom stereocenters. The Hall–Kier alpha value is -3.49. The summed E-state index contributed by atoms with van der Waals surface area (Å²) in [6.45, 7) is 3.22. The number of halogens is 1. The Morgan fingerprint density at radius 3 is 2.69 bits per heavy atom. The molecule has 0 aliphatic carbocycles. The van der Waals surface area contributed by atoms with Crippen molar-refractivity contribution >= 4 is 11.9 Å². The molecule has 35 heavy (non-hydrogen) atoms. The van der Waals surface area contributed by atoms with E-state index in [9.17, 15) is 9.50 Å². The van der Waals surface area contributed by atoms with Gasteiger partial charge in [-0.2, -0.15) is 0 Å². The average molecular weight is 476 g/mol. The van der Waals surface area contributed by atoms with E-state index in [1.807, 2.05) is 36.9 Å². The monoisotopic (exact) mass is 475 g/mol. The number of aliphatic imine (C=N–C) groups is 1. The molecule has 3 heterocycles. The molecule has 0 saturated carbocycles. The molecule has 0 spiro atoms. The fraction of sp³-hybridized carbons (Fsp3) is 0.333. The number of methoxy groups -OCH3 is 1. The van der Waals surface area contributed by atoms with E-state index in [-0.39, 0.29) is 12.4 Å². The SMILES string of the molecule is COc1cc(/C=C2\CCN(C)N3C2=NCCC3(CO)c2ccc(F)cc2)ccc1-n1cnc(C)c1. The number of aliphatic hydroxyl groups is 1. The molecule has 1 fully saturated rings. The van der Waals surface area contributed by atoms with Crippen LogP contribution < -0.4 is 4.74 Å². The fourth-order valence-corrected chi connectivity index (χ4v) is 5.09. The number of hydrogen-bond donors (Lipinski definition) is 1. The first-order valence-electron chi connectivity index (χ1n) is 11.8. The minimum absolute atomic E-state index is 0.0951. The van der Waals surface area contributed by atoms with Gasteiger partial charge in [-0.05, 0) is 66.8 Å². The first-order valence-corrected chi connectivity index (χ1v) is 11.8. The number of aryl methyl sites for hydroxylation is 1. The lowest BCUT2D eigenvalue weighted by atomic mass is 9.83. The molecule has 0 bridgehead atoms. The van der Waals surface area contributed by atoms with Crippen LogP contribution in [0.4, 0.5) is 4.39 Å². The fourth-order valence-electron chi connectivity index (χ4n) is 5.09. The van der Waals surface area contributed by atoms with E-state index in [0.717, 1.165) is 52.6 Å². The highest BCUT2D eigenvalue weighted by atomic mass is 19.1. The summed E-state index contributed by atoms with van der Waals surface area (Å²) in [7, 11) is 3.68. The van der Waals surface area contributed by atoms with Crippen molar-refractivity contribution in [1.29, 1.82) is 0 Å². The number of aromatic nitrogens is 2. The average Bonchev–Trinajstić information content (AvgIpc) is 3.31. The van der Waals surface area contributed by atoms with Crippen LogP contribution in [0.25, 0.3) is 11.8 Å². The third-order valence-corrected chi connectivity index (χ3v) is 6.90. The summed E-state index contributed by atoms with van der Waals surface area (Å²) in [6, 6.07) is 12.5. The van der Waals surface area contributed by atoms with Gasteiger partial charge in [0.1, 0.15) is 22.9 Å². The molecule has 2 aliphatic heterocycles. The number of hydrogen-bond acceptors (Lipinski definition) is 6. The summed E-state index contributed by atoms with van der Waals surface area (Å²) in [4.78, 5) is 9.20. The first-order chi connectivity index (χ1) is 16.9. The van der Waals surface area contributed by atoms with Crippen molar-refractivity contribution in [2.24, 2.45) is 4.99 Å². The van der Waals surface area contributed by atoms with Gasteiger partial charge in [0.15, 0.2) is 0 Å². The van der Waals surface area contributed by atoms with Crippen LogP contribution in [0, 0.1) is 12.7 Å². The molecule has 1 aromatic heterocycles. The number of imidazole rings is 1. The zero-order chi connectivity index (χ0) is 24.6. The predicted octanol–water partition coefficient (Wildman–Crippen LogP) is 3.95. The van der Waals surface area contributed by atoms with E-state index in [4.69, 9.17) is 9.73 Å². The smallest absolute Gasteiger partial charge is 0.143 e. The third kappa shape index (κ3) is 4.13. The van der Waals surface area contributed by atoms with Gasteiger partial charge in [-0.15, -0.1) is 0 Å². The molecule has 182 valence electrons. The van der Waals surface area contributed by atoms with E-state index < -0.39 is 5.54 Å². The summed E-state index contributed by atoms with van der Waals surface area (Å²) in [5, 5.41) is 14.9. The molecule has 2 aliphatic rings. The van der Waals surface area contributed by atoms with Crippen molar-refractivity contribution in [2.45, 2.75) is 25.3 Å². The summed E-state index contributed by atoms with van der Waals surface area (Å²) in [6.07, 6.45) is 7.35. The van der Waals surface area contributed by atoms with Gasteiger partial charge >= 0.3 is 0 Å². The second kappa shape index (κ2) is 9.28. The van der Waals surface area contributed by atoms with Gasteiger partial charge in [0, 0.05) is 26.3 Å². The number of ether oxygens (including phenoxy) is 1. The standard InChI is InChI=1S/C27H30FN5O2/c1-19-16-32(18-30-19)24-9-4-20(15-25(24)35-3)14-21-10-13-31(2)33-26(21)29-12-11-27(33,17-34)22-5-7-23(28)8-6-22/h4-9,14-16,18,34H,10-13,17H2,1-3H3/b21-14+. The summed E-state index contributed by atoms with van der Waals surface area (Å²) in [5.74, 6) is 1.31. The number of amidine groups is 1. The molecule has 1 saturated heterocycles. The van der Waals surface area contributed by atoms with Crippen LogP contribution in [-0.2, 0) is 5.54 Å². The van der Waals surface area contributed by atoms with Gasteiger partial charge in [-0.25, -0.2) is 14.4 Å². The topological polar surface area (TPSA) is 66.1 Å². The van der Waals surface area contributed by atoms with Crippen LogP contribution in [0.5, 0.6) is 5.75 Å². The van der Waals surface area contributed by atoms with Crippen molar-refractivity contribution in [1.82, 2.24) is 19.6 Å². The Kier molecular flexibility index (Phi) is 6.17. The molecule has 2 aromatic carbocycles. The zero-order valence-corrected chi connectivity index (χ0v) is 20.3. The van der Waals surface area contributed by atoms with Crippen molar-refractivity contribution < 1.29 is 14.2 Å². The second-order valence-electron chi connectivity index (χ2n) is 9.12. The van der Waals surface area contributed by atoms with E-state index in [1.54, 1.807) is 25.6 Å². The minimum Gasteiger partial charge on any atom is -0.495 e. The highest BCUT2D eigenvalue weighted by Crippen LogP contribution is 2.40. The lowest BCUT2D eigenvalue weighted by molar-refractivity contribution is -0.0734. The van der Waals surface area contributed by atoms with Crippen LogP contribution in [-0.4, -0.2) is 64.4 Å². The molecule has 8 heteroatoms. The van der Waals surface area contributed by atoms with E-state index in [2.05, 4.69) is 27.1 Å². The number of rotatable bonds is 5. The normalized spacial score (nSPS) is 21.7. The predicted molar refractivity (Wildman–Crippen MR) is 134 cm³/mol. The van der Waals surface area contributed by atoms with Gasteiger partial charge in [0.05, 0.1) is 31.4 Å². The molecule has 0 radical (unpaired) electrons.